The zero-order valence-corrected chi connectivity index (χ0v) is 19.1. The van der Waals surface area contributed by atoms with Gasteiger partial charge in [-0.3, -0.25) is 4.79 Å². The lowest BCUT2D eigenvalue weighted by Crippen LogP contribution is -2.09. The number of halogens is 3. The molecule has 0 unspecified atom stereocenters. The van der Waals surface area contributed by atoms with Crippen molar-refractivity contribution in [2.24, 2.45) is 0 Å². The van der Waals surface area contributed by atoms with Crippen molar-refractivity contribution in [3.8, 4) is 0 Å². The van der Waals surface area contributed by atoms with Crippen molar-refractivity contribution < 1.29 is 18.7 Å². The Labute approximate surface area is 195 Å². The van der Waals surface area contributed by atoms with Crippen LogP contribution in [0.2, 0.25) is 10.2 Å². The molecule has 9 heteroatoms. The van der Waals surface area contributed by atoms with E-state index in [1.807, 2.05) is 6.07 Å². The molecule has 1 heterocycles. The van der Waals surface area contributed by atoms with E-state index in [1.165, 1.54) is 17.7 Å². The zero-order chi connectivity index (χ0) is 23.3. The molecule has 3 aromatic rings. The maximum Gasteiger partial charge on any atom is 0.338 e. The lowest BCUT2D eigenvalue weighted by molar-refractivity contribution is 0.0526. The first-order valence-electron chi connectivity index (χ1n) is 10.0. The molecule has 3 rings (SSSR count). The highest BCUT2D eigenvalue weighted by molar-refractivity contribution is 6.31. The van der Waals surface area contributed by atoms with Gasteiger partial charge in [0.15, 0.2) is 11.6 Å². The predicted molar refractivity (Wildman–Crippen MR) is 122 cm³/mol. The predicted octanol–water partition coefficient (Wildman–Crippen LogP) is 5.41. The van der Waals surface area contributed by atoms with Crippen LogP contribution in [0.4, 0.5) is 10.1 Å². The van der Waals surface area contributed by atoms with Gasteiger partial charge in [-0.2, -0.15) is 5.10 Å². The van der Waals surface area contributed by atoms with Gasteiger partial charge in [0.1, 0.15) is 10.8 Å². The Morgan fingerprint density at radius 1 is 1.19 bits per heavy atom. The van der Waals surface area contributed by atoms with Crippen molar-refractivity contribution in [1.29, 1.82) is 0 Å². The molecule has 0 aliphatic heterocycles. The lowest BCUT2D eigenvalue weighted by Gasteiger charge is -2.09. The minimum atomic E-state index is -0.538. The van der Waals surface area contributed by atoms with Gasteiger partial charge in [-0.05, 0) is 43.2 Å². The number of ether oxygens (including phenoxy) is 1. The van der Waals surface area contributed by atoms with E-state index >= 15 is 0 Å². The van der Waals surface area contributed by atoms with Gasteiger partial charge in [0.05, 0.1) is 29.4 Å². The van der Waals surface area contributed by atoms with E-state index in [0.717, 1.165) is 5.56 Å². The molecule has 1 N–H and O–H groups in total. The van der Waals surface area contributed by atoms with E-state index in [2.05, 4.69) is 10.4 Å². The van der Waals surface area contributed by atoms with Gasteiger partial charge >= 0.3 is 5.97 Å². The first kappa shape index (κ1) is 23.8. The van der Waals surface area contributed by atoms with Gasteiger partial charge in [0.25, 0.3) is 0 Å². The van der Waals surface area contributed by atoms with E-state index in [9.17, 15) is 14.0 Å². The van der Waals surface area contributed by atoms with E-state index in [1.54, 1.807) is 37.3 Å². The van der Waals surface area contributed by atoms with Gasteiger partial charge in [0.2, 0.25) is 0 Å². The Hall–Kier alpha value is -2.90. The summed E-state index contributed by atoms with van der Waals surface area (Å²) in [5, 5.41) is 7.67. The standard InChI is InChI=1S/C23H22Cl2FN3O3/c1-3-32-23(31)16-7-4-6-15(12-16)13-29-22(25)17(21(28-29)14(2)30)10-11-27-19-9-5-8-18(24)20(19)26/h4-9,12,27H,3,10-11,13H2,1-2H3. The summed E-state index contributed by atoms with van der Waals surface area (Å²) in [6.07, 6.45) is 0.350. The highest BCUT2D eigenvalue weighted by Crippen LogP contribution is 2.25. The molecule has 32 heavy (non-hydrogen) atoms. The van der Waals surface area contributed by atoms with Crippen LogP contribution in [0.1, 0.15) is 45.8 Å². The third-order valence-electron chi connectivity index (χ3n) is 4.73. The molecule has 0 atom stereocenters. The number of rotatable bonds is 9. The summed E-state index contributed by atoms with van der Waals surface area (Å²) in [5.74, 6) is -1.18. The largest absolute Gasteiger partial charge is 0.462 e. The first-order valence-corrected chi connectivity index (χ1v) is 10.8. The number of nitrogens with one attached hydrogen (secondary N) is 1. The second-order valence-corrected chi connectivity index (χ2v) is 7.80. The zero-order valence-electron chi connectivity index (χ0n) is 17.6. The second kappa shape index (κ2) is 10.6. The SMILES string of the molecule is CCOC(=O)c1cccc(Cn2nc(C(C)=O)c(CCNc3cccc(Cl)c3F)c2Cl)c1. The second-order valence-electron chi connectivity index (χ2n) is 7.03. The molecular weight excluding hydrogens is 456 g/mol. The monoisotopic (exact) mass is 477 g/mol. The van der Waals surface area contributed by atoms with Crippen LogP contribution >= 0.6 is 23.2 Å². The molecular formula is C23H22Cl2FN3O3. The van der Waals surface area contributed by atoms with Crippen molar-refractivity contribution in [2.45, 2.75) is 26.8 Å². The molecule has 168 valence electrons. The number of anilines is 1. The topological polar surface area (TPSA) is 73.2 Å². The Balaban J connectivity index is 1.79. The maximum atomic E-state index is 14.1. The van der Waals surface area contributed by atoms with Gasteiger partial charge in [-0.1, -0.05) is 41.4 Å². The average Bonchev–Trinajstić information content (AvgIpc) is 3.07. The molecule has 0 fully saturated rings. The summed E-state index contributed by atoms with van der Waals surface area (Å²) in [6, 6.07) is 11.6. The Morgan fingerprint density at radius 3 is 2.66 bits per heavy atom. The molecule has 0 spiro atoms. The number of carbonyl (C=O) groups is 2. The number of carbonyl (C=O) groups excluding carboxylic acids is 2. The molecule has 6 nitrogen and oxygen atoms in total. The van der Waals surface area contributed by atoms with Gasteiger partial charge in [0, 0.05) is 19.0 Å². The summed E-state index contributed by atoms with van der Waals surface area (Å²) in [4.78, 5) is 24.1. The third kappa shape index (κ3) is 5.47. The van der Waals surface area contributed by atoms with Gasteiger partial charge in [-0.25, -0.2) is 13.9 Å². The van der Waals surface area contributed by atoms with Crippen molar-refractivity contribution in [1.82, 2.24) is 9.78 Å². The fourth-order valence-corrected chi connectivity index (χ4v) is 3.69. The molecule has 0 aliphatic carbocycles. The lowest BCUT2D eigenvalue weighted by atomic mass is 10.1. The summed E-state index contributed by atoms with van der Waals surface area (Å²) in [5.41, 5.74) is 2.29. The number of Topliss-reactive ketones (excluding diaryl/α,β-unsaturated/α-hetero) is 1. The molecule has 0 aliphatic rings. The average molecular weight is 478 g/mol. The number of hydrogen-bond donors (Lipinski definition) is 1. The van der Waals surface area contributed by atoms with Crippen molar-refractivity contribution in [2.75, 3.05) is 18.5 Å². The molecule has 0 amide bonds. The molecule has 0 radical (unpaired) electrons. The first-order chi connectivity index (χ1) is 15.3. The number of ketones is 1. The number of benzene rings is 2. The van der Waals surface area contributed by atoms with Crippen molar-refractivity contribution >= 4 is 40.6 Å². The molecule has 2 aromatic carbocycles. The van der Waals surface area contributed by atoms with Crippen LogP contribution in [-0.4, -0.2) is 34.7 Å². The summed E-state index contributed by atoms with van der Waals surface area (Å²) >= 11 is 12.4. The maximum absolute atomic E-state index is 14.1. The molecule has 0 saturated heterocycles. The Kier molecular flexibility index (Phi) is 7.88. The van der Waals surface area contributed by atoms with E-state index in [0.29, 0.717) is 29.2 Å². The number of hydrogen-bond acceptors (Lipinski definition) is 5. The van der Waals surface area contributed by atoms with Crippen LogP contribution in [0.25, 0.3) is 0 Å². The summed E-state index contributed by atoms with van der Waals surface area (Å²) < 4.78 is 20.6. The number of aromatic nitrogens is 2. The van der Waals surface area contributed by atoms with Crippen LogP contribution in [0.3, 0.4) is 0 Å². The van der Waals surface area contributed by atoms with Crippen LogP contribution < -0.4 is 5.32 Å². The van der Waals surface area contributed by atoms with E-state index in [-0.39, 0.29) is 35.3 Å². The normalized spacial score (nSPS) is 10.8. The van der Waals surface area contributed by atoms with Crippen LogP contribution in [0.5, 0.6) is 0 Å². The van der Waals surface area contributed by atoms with Crippen molar-refractivity contribution in [3.05, 3.63) is 80.8 Å². The fraction of sp³-hybridized carbons (Fsp3) is 0.261. The quantitative estimate of drug-likeness (QED) is 0.329. The molecule has 1 aromatic heterocycles. The third-order valence-corrected chi connectivity index (χ3v) is 5.44. The Bertz CT molecular complexity index is 1150. The minimum absolute atomic E-state index is 0.0234. The highest BCUT2D eigenvalue weighted by atomic mass is 35.5. The fourth-order valence-electron chi connectivity index (χ4n) is 3.23. The molecule has 0 saturated carbocycles. The van der Waals surface area contributed by atoms with Crippen LogP contribution in [0.15, 0.2) is 42.5 Å². The van der Waals surface area contributed by atoms with Gasteiger partial charge < -0.3 is 10.1 Å². The summed E-state index contributed by atoms with van der Waals surface area (Å²) in [7, 11) is 0. The van der Waals surface area contributed by atoms with E-state index in [4.69, 9.17) is 27.9 Å². The minimum Gasteiger partial charge on any atom is -0.462 e. The van der Waals surface area contributed by atoms with Crippen LogP contribution in [-0.2, 0) is 17.7 Å². The highest BCUT2D eigenvalue weighted by Gasteiger charge is 2.20. The van der Waals surface area contributed by atoms with Gasteiger partial charge in [-0.15, -0.1) is 0 Å². The number of nitrogens with zero attached hydrogens (tertiary/aromatic N) is 2. The molecule has 0 bridgehead atoms. The number of esters is 1. The van der Waals surface area contributed by atoms with E-state index < -0.39 is 11.8 Å². The van der Waals surface area contributed by atoms with Crippen molar-refractivity contribution in [3.63, 3.8) is 0 Å². The Morgan fingerprint density at radius 2 is 1.94 bits per heavy atom. The van der Waals surface area contributed by atoms with Crippen LogP contribution in [0, 0.1) is 5.82 Å². The smallest absolute Gasteiger partial charge is 0.338 e. The summed E-state index contributed by atoms with van der Waals surface area (Å²) in [6.45, 7) is 4.03.